The molecule has 1 aromatic heterocycles. The van der Waals surface area contributed by atoms with Crippen LogP contribution in [0.5, 0.6) is 0 Å². The first-order valence-corrected chi connectivity index (χ1v) is 5.98. The van der Waals surface area contributed by atoms with Crippen LogP contribution in [0.3, 0.4) is 0 Å². The number of aryl methyl sites for hydroxylation is 1. The van der Waals surface area contributed by atoms with Gasteiger partial charge in [-0.2, -0.15) is 13.2 Å². The summed E-state index contributed by atoms with van der Waals surface area (Å²) in [6.07, 6.45) is -2.72. The Hall–Kier alpha value is -1.92. The smallest absolute Gasteiger partial charge is 0.271 e. The van der Waals surface area contributed by atoms with Crippen LogP contribution in [0.2, 0.25) is 0 Å². The molecule has 3 N–H and O–H groups in total. The molecule has 20 heavy (non-hydrogen) atoms. The Labute approximate surface area is 114 Å². The third-order valence-corrected chi connectivity index (χ3v) is 3.06. The van der Waals surface area contributed by atoms with Gasteiger partial charge in [0.2, 0.25) is 0 Å². The Morgan fingerprint density at radius 1 is 1.15 bits per heavy atom. The molecule has 0 radical (unpaired) electrons. The van der Waals surface area contributed by atoms with E-state index in [-0.39, 0.29) is 0 Å². The number of halogens is 3. The van der Waals surface area contributed by atoms with Gasteiger partial charge < -0.3 is 0 Å². The normalized spacial score (nSPS) is 13.2. The monoisotopic (exact) mass is 281 g/mol. The Morgan fingerprint density at radius 3 is 2.30 bits per heavy atom. The lowest BCUT2D eigenvalue weighted by Gasteiger charge is -2.18. The average molecular weight is 281 g/mol. The van der Waals surface area contributed by atoms with E-state index in [4.69, 9.17) is 5.84 Å². The zero-order chi connectivity index (χ0) is 14.8. The zero-order valence-corrected chi connectivity index (χ0v) is 10.8. The fourth-order valence-corrected chi connectivity index (χ4v) is 2.00. The molecule has 2 aromatic rings. The molecule has 0 bridgehead atoms. The standard InChI is InChI=1S/C14H14F3N3/c1-9-3-2-8-19-12(9)13(20-18)10-4-6-11(7-5-10)14(15,16)17/h2-8,13,20H,18H2,1H3. The largest absolute Gasteiger partial charge is 0.416 e. The van der Waals surface area contributed by atoms with Crippen molar-refractivity contribution in [3.8, 4) is 0 Å². The first kappa shape index (κ1) is 14.5. The Kier molecular flexibility index (Phi) is 4.06. The van der Waals surface area contributed by atoms with E-state index in [1.165, 1.54) is 12.1 Å². The fraction of sp³-hybridized carbons (Fsp3) is 0.214. The van der Waals surface area contributed by atoms with E-state index >= 15 is 0 Å². The van der Waals surface area contributed by atoms with Gasteiger partial charge in [-0.1, -0.05) is 18.2 Å². The van der Waals surface area contributed by atoms with Gasteiger partial charge in [0.1, 0.15) is 0 Å². The molecule has 2 rings (SSSR count). The molecule has 0 saturated heterocycles. The molecule has 0 amide bonds. The summed E-state index contributed by atoms with van der Waals surface area (Å²) in [4.78, 5) is 4.23. The van der Waals surface area contributed by atoms with Crippen LogP contribution in [0.25, 0.3) is 0 Å². The second-order valence-electron chi connectivity index (χ2n) is 4.42. The highest BCUT2D eigenvalue weighted by molar-refractivity contribution is 5.34. The summed E-state index contributed by atoms with van der Waals surface area (Å²) in [5.74, 6) is 5.52. The molecular formula is C14H14F3N3. The zero-order valence-electron chi connectivity index (χ0n) is 10.8. The molecule has 1 heterocycles. The van der Waals surface area contributed by atoms with Crippen molar-refractivity contribution < 1.29 is 13.2 Å². The second-order valence-corrected chi connectivity index (χ2v) is 4.42. The molecule has 1 atom stereocenters. The van der Waals surface area contributed by atoms with Crippen molar-refractivity contribution in [2.45, 2.75) is 19.1 Å². The number of nitrogens with two attached hydrogens (primary N) is 1. The van der Waals surface area contributed by atoms with Crippen LogP contribution >= 0.6 is 0 Å². The van der Waals surface area contributed by atoms with E-state index in [1.807, 2.05) is 13.0 Å². The van der Waals surface area contributed by atoms with Crippen molar-refractivity contribution in [1.82, 2.24) is 10.4 Å². The van der Waals surface area contributed by atoms with E-state index in [0.717, 1.165) is 17.7 Å². The number of pyridine rings is 1. The van der Waals surface area contributed by atoms with Gasteiger partial charge in [-0.05, 0) is 36.2 Å². The second kappa shape index (κ2) is 5.60. The van der Waals surface area contributed by atoms with E-state index in [2.05, 4.69) is 10.4 Å². The van der Waals surface area contributed by atoms with Gasteiger partial charge in [0, 0.05) is 6.20 Å². The molecule has 1 aromatic carbocycles. The van der Waals surface area contributed by atoms with Gasteiger partial charge in [0.05, 0.1) is 17.3 Å². The summed E-state index contributed by atoms with van der Waals surface area (Å²) in [5.41, 5.74) is 4.13. The fourth-order valence-electron chi connectivity index (χ4n) is 2.00. The van der Waals surface area contributed by atoms with Gasteiger partial charge >= 0.3 is 6.18 Å². The van der Waals surface area contributed by atoms with Crippen LogP contribution in [-0.4, -0.2) is 4.98 Å². The minimum Gasteiger partial charge on any atom is -0.271 e. The SMILES string of the molecule is Cc1cccnc1C(NN)c1ccc(C(F)(F)F)cc1. The molecule has 1 unspecified atom stereocenters. The summed E-state index contributed by atoms with van der Waals surface area (Å²) >= 11 is 0. The van der Waals surface area contributed by atoms with Gasteiger partial charge in [-0.3, -0.25) is 10.8 Å². The van der Waals surface area contributed by atoms with Crippen LogP contribution in [-0.2, 0) is 6.18 Å². The maximum absolute atomic E-state index is 12.5. The molecule has 0 aliphatic heterocycles. The highest BCUT2D eigenvalue weighted by Crippen LogP contribution is 2.30. The van der Waals surface area contributed by atoms with Gasteiger partial charge in [0.25, 0.3) is 0 Å². The highest BCUT2D eigenvalue weighted by Gasteiger charge is 2.30. The Bertz CT molecular complexity index is 579. The lowest BCUT2D eigenvalue weighted by Crippen LogP contribution is -2.30. The summed E-state index contributed by atoms with van der Waals surface area (Å²) in [7, 11) is 0. The number of hydrogen-bond acceptors (Lipinski definition) is 3. The van der Waals surface area contributed by atoms with Crippen LogP contribution in [0.1, 0.15) is 28.4 Å². The molecule has 0 saturated carbocycles. The van der Waals surface area contributed by atoms with E-state index in [1.54, 1.807) is 12.3 Å². The summed E-state index contributed by atoms with van der Waals surface area (Å²) in [6, 6.07) is 8.10. The average Bonchev–Trinajstić information content (AvgIpc) is 2.41. The topological polar surface area (TPSA) is 50.9 Å². The summed E-state index contributed by atoms with van der Waals surface area (Å²) in [5, 5.41) is 0. The number of hydrogen-bond donors (Lipinski definition) is 2. The lowest BCUT2D eigenvalue weighted by atomic mass is 9.99. The number of nitrogens with zero attached hydrogens (tertiary/aromatic N) is 1. The number of hydrazine groups is 1. The van der Waals surface area contributed by atoms with Gasteiger partial charge in [0.15, 0.2) is 0 Å². The molecule has 0 aliphatic carbocycles. The quantitative estimate of drug-likeness (QED) is 0.671. The number of alkyl halides is 3. The summed E-state index contributed by atoms with van der Waals surface area (Å²) in [6.45, 7) is 1.87. The number of nitrogens with one attached hydrogen (secondary N) is 1. The van der Waals surface area contributed by atoms with E-state index < -0.39 is 17.8 Å². The molecule has 106 valence electrons. The van der Waals surface area contributed by atoms with Crippen LogP contribution < -0.4 is 11.3 Å². The molecule has 0 fully saturated rings. The number of aromatic nitrogens is 1. The van der Waals surface area contributed by atoms with Crippen molar-refractivity contribution >= 4 is 0 Å². The molecule has 3 nitrogen and oxygen atoms in total. The van der Waals surface area contributed by atoms with E-state index in [0.29, 0.717) is 11.3 Å². The Morgan fingerprint density at radius 2 is 1.80 bits per heavy atom. The maximum atomic E-state index is 12.5. The van der Waals surface area contributed by atoms with Crippen LogP contribution in [0, 0.1) is 6.92 Å². The Balaban J connectivity index is 2.36. The first-order chi connectivity index (χ1) is 9.43. The van der Waals surface area contributed by atoms with Crippen molar-refractivity contribution in [2.75, 3.05) is 0 Å². The third-order valence-electron chi connectivity index (χ3n) is 3.06. The van der Waals surface area contributed by atoms with E-state index in [9.17, 15) is 13.2 Å². The molecule has 0 spiro atoms. The van der Waals surface area contributed by atoms with Crippen LogP contribution in [0.4, 0.5) is 13.2 Å². The molecule has 6 heteroatoms. The predicted molar refractivity (Wildman–Crippen MR) is 69.6 cm³/mol. The van der Waals surface area contributed by atoms with Crippen LogP contribution in [0.15, 0.2) is 42.6 Å². The van der Waals surface area contributed by atoms with Crippen molar-refractivity contribution in [2.24, 2.45) is 5.84 Å². The number of benzene rings is 1. The minimum atomic E-state index is -4.34. The lowest BCUT2D eigenvalue weighted by molar-refractivity contribution is -0.137. The number of rotatable bonds is 3. The third kappa shape index (κ3) is 2.97. The first-order valence-electron chi connectivity index (χ1n) is 5.98. The highest BCUT2D eigenvalue weighted by atomic mass is 19.4. The van der Waals surface area contributed by atoms with Crippen molar-refractivity contribution in [3.63, 3.8) is 0 Å². The predicted octanol–water partition coefficient (Wildman–Crippen LogP) is 2.96. The minimum absolute atomic E-state index is 0.446. The van der Waals surface area contributed by atoms with Gasteiger partial charge in [-0.15, -0.1) is 0 Å². The summed E-state index contributed by atoms with van der Waals surface area (Å²) < 4.78 is 37.6. The molecular weight excluding hydrogens is 267 g/mol. The van der Waals surface area contributed by atoms with Crippen molar-refractivity contribution in [1.29, 1.82) is 0 Å². The maximum Gasteiger partial charge on any atom is 0.416 e. The van der Waals surface area contributed by atoms with Gasteiger partial charge in [-0.25, -0.2) is 5.43 Å². The molecule has 0 aliphatic rings. The van der Waals surface area contributed by atoms with Crippen molar-refractivity contribution in [3.05, 3.63) is 65.0 Å².